The standard InChI is InChI=1S/C11H11F5N2/c1-18(2)4-3-17-5-6-7(12)9(14)11(16)10(15)8(6)13/h5H,3-4H2,1-2H3. The van der Waals surface area contributed by atoms with Gasteiger partial charge in [-0.2, -0.15) is 0 Å². The predicted molar refractivity (Wildman–Crippen MR) is 57.2 cm³/mol. The highest BCUT2D eigenvalue weighted by atomic mass is 19.2. The van der Waals surface area contributed by atoms with Crippen molar-refractivity contribution in [3.8, 4) is 0 Å². The average molecular weight is 266 g/mol. The number of nitrogens with zero attached hydrogens (tertiary/aromatic N) is 2. The lowest BCUT2D eigenvalue weighted by atomic mass is 10.2. The Kier molecular flexibility index (Phi) is 4.77. The lowest BCUT2D eigenvalue weighted by Crippen LogP contribution is -2.15. The van der Waals surface area contributed by atoms with Crippen LogP contribution in [0.25, 0.3) is 0 Å². The minimum Gasteiger partial charge on any atom is -0.308 e. The summed E-state index contributed by atoms with van der Waals surface area (Å²) < 4.78 is 64.7. The zero-order chi connectivity index (χ0) is 13.9. The van der Waals surface area contributed by atoms with E-state index in [-0.39, 0.29) is 6.54 Å². The van der Waals surface area contributed by atoms with E-state index in [4.69, 9.17) is 0 Å². The number of hydrogen-bond acceptors (Lipinski definition) is 2. The number of likely N-dealkylation sites (N-methyl/N-ethyl adjacent to an activating group) is 1. The van der Waals surface area contributed by atoms with Gasteiger partial charge in [0.25, 0.3) is 0 Å². The van der Waals surface area contributed by atoms with Crippen molar-refractivity contribution in [2.45, 2.75) is 0 Å². The van der Waals surface area contributed by atoms with Gasteiger partial charge in [-0.1, -0.05) is 0 Å². The van der Waals surface area contributed by atoms with Crippen molar-refractivity contribution in [1.29, 1.82) is 0 Å². The van der Waals surface area contributed by atoms with Crippen LogP contribution in [0.1, 0.15) is 5.56 Å². The van der Waals surface area contributed by atoms with Gasteiger partial charge in [0, 0.05) is 12.8 Å². The van der Waals surface area contributed by atoms with E-state index < -0.39 is 34.6 Å². The highest BCUT2D eigenvalue weighted by Crippen LogP contribution is 2.21. The molecule has 0 heterocycles. The van der Waals surface area contributed by atoms with Crippen LogP contribution in [0, 0.1) is 29.1 Å². The van der Waals surface area contributed by atoms with Gasteiger partial charge >= 0.3 is 0 Å². The first-order valence-corrected chi connectivity index (χ1v) is 5.02. The van der Waals surface area contributed by atoms with Crippen LogP contribution in [0.3, 0.4) is 0 Å². The third-order valence-corrected chi connectivity index (χ3v) is 2.14. The van der Waals surface area contributed by atoms with Crippen LogP contribution in [-0.2, 0) is 0 Å². The molecule has 7 heteroatoms. The van der Waals surface area contributed by atoms with Crippen molar-refractivity contribution >= 4 is 6.21 Å². The number of benzene rings is 1. The third-order valence-electron chi connectivity index (χ3n) is 2.14. The smallest absolute Gasteiger partial charge is 0.200 e. The summed E-state index contributed by atoms with van der Waals surface area (Å²) in [5.74, 6) is -9.86. The van der Waals surface area contributed by atoms with E-state index in [1.165, 1.54) is 0 Å². The maximum absolute atomic E-state index is 13.2. The molecule has 0 radical (unpaired) electrons. The van der Waals surface area contributed by atoms with Gasteiger partial charge in [0.05, 0.1) is 12.1 Å². The van der Waals surface area contributed by atoms with Gasteiger partial charge in [-0.25, -0.2) is 22.0 Å². The summed E-state index contributed by atoms with van der Waals surface area (Å²) >= 11 is 0. The number of hydrogen-bond donors (Lipinski definition) is 0. The topological polar surface area (TPSA) is 15.6 Å². The van der Waals surface area contributed by atoms with Gasteiger partial charge in [0.1, 0.15) is 0 Å². The minimum atomic E-state index is -2.17. The summed E-state index contributed by atoms with van der Waals surface area (Å²) in [6.07, 6.45) is 0.653. The SMILES string of the molecule is CN(C)CCN=Cc1c(F)c(F)c(F)c(F)c1F. The van der Waals surface area contributed by atoms with Crippen LogP contribution in [0.5, 0.6) is 0 Å². The Morgan fingerprint density at radius 3 is 1.78 bits per heavy atom. The van der Waals surface area contributed by atoms with Crippen LogP contribution >= 0.6 is 0 Å². The summed E-state index contributed by atoms with van der Waals surface area (Å²) in [5.41, 5.74) is -1.02. The predicted octanol–water partition coefficient (Wildman–Crippen LogP) is 2.36. The maximum Gasteiger partial charge on any atom is 0.200 e. The molecule has 0 aromatic heterocycles. The first-order chi connectivity index (χ1) is 8.36. The second-order valence-electron chi connectivity index (χ2n) is 3.82. The molecular formula is C11H11F5N2. The Balaban J connectivity index is 3.03. The largest absolute Gasteiger partial charge is 0.308 e. The summed E-state index contributed by atoms with van der Waals surface area (Å²) in [4.78, 5) is 5.37. The molecule has 0 amide bonds. The molecule has 18 heavy (non-hydrogen) atoms. The maximum atomic E-state index is 13.2. The van der Waals surface area contributed by atoms with Gasteiger partial charge in [-0.3, -0.25) is 4.99 Å². The molecule has 0 saturated heterocycles. The average Bonchev–Trinajstić information content (AvgIpc) is 2.32. The Morgan fingerprint density at radius 1 is 0.889 bits per heavy atom. The van der Waals surface area contributed by atoms with Crippen molar-refractivity contribution in [3.63, 3.8) is 0 Å². The van der Waals surface area contributed by atoms with Crippen LogP contribution in [-0.4, -0.2) is 38.3 Å². The molecule has 0 N–H and O–H groups in total. The third kappa shape index (κ3) is 3.04. The molecule has 0 atom stereocenters. The van der Waals surface area contributed by atoms with Crippen LogP contribution < -0.4 is 0 Å². The first kappa shape index (κ1) is 14.6. The molecule has 0 fully saturated rings. The Morgan fingerprint density at radius 2 is 1.33 bits per heavy atom. The molecule has 0 unspecified atom stereocenters. The molecule has 0 saturated carbocycles. The fourth-order valence-corrected chi connectivity index (χ4v) is 1.15. The molecular weight excluding hydrogens is 255 g/mol. The zero-order valence-corrected chi connectivity index (χ0v) is 9.78. The summed E-state index contributed by atoms with van der Waals surface area (Å²) in [5, 5.41) is 0. The van der Waals surface area contributed by atoms with Crippen molar-refractivity contribution in [3.05, 3.63) is 34.6 Å². The molecule has 100 valence electrons. The van der Waals surface area contributed by atoms with E-state index in [0.29, 0.717) is 12.8 Å². The zero-order valence-electron chi connectivity index (χ0n) is 9.78. The minimum absolute atomic E-state index is 0.187. The van der Waals surface area contributed by atoms with Crippen molar-refractivity contribution in [2.75, 3.05) is 27.2 Å². The molecule has 0 aliphatic heterocycles. The highest BCUT2D eigenvalue weighted by molar-refractivity contribution is 5.80. The Bertz CT molecular complexity index is 442. The highest BCUT2D eigenvalue weighted by Gasteiger charge is 2.24. The van der Waals surface area contributed by atoms with Gasteiger partial charge < -0.3 is 4.90 Å². The number of rotatable bonds is 4. The monoisotopic (exact) mass is 266 g/mol. The molecule has 2 nitrogen and oxygen atoms in total. The van der Waals surface area contributed by atoms with E-state index in [1.54, 1.807) is 19.0 Å². The molecule has 0 aliphatic carbocycles. The molecule has 1 aromatic carbocycles. The quantitative estimate of drug-likeness (QED) is 0.353. The first-order valence-electron chi connectivity index (χ1n) is 5.02. The van der Waals surface area contributed by atoms with Crippen LogP contribution in [0.4, 0.5) is 22.0 Å². The number of halogens is 5. The van der Waals surface area contributed by atoms with E-state index in [2.05, 4.69) is 4.99 Å². The fraction of sp³-hybridized carbons (Fsp3) is 0.364. The van der Waals surface area contributed by atoms with Gasteiger partial charge in [0.2, 0.25) is 5.82 Å². The van der Waals surface area contributed by atoms with E-state index in [0.717, 1.165) is 0 Å². The Labute approximate surface area is 101 Å². The van der Waals surface area contributed by atoms with Crippen LogP contribution in [0.15, 0.2) is 4.99 Å². The molecule has 1 aromatic rings. The van der Waals surface area contributed by atoms with E-state index in [1.807, 2.05) is 0 Å². The fourth-order valence-electron chi connectivity index (χ4n) is 1.15. The second-order valence-corrected chi connectivity index (χ2v) is 3.82. The van der Waals surface area contributed by atoms with Gasteiger partial charge in [0.15, 0.2) is 23.3 Å². The molecule has 1 rings (SSSR count). The van der Waals surface area contributed by atoms with Crippen molar-refractivity contribution < 1.29 is 22.0 Å². The van der Waals surface area contributed by atoms with Crippen LogP contribution in [0.2, 0.25) is 0 Å². The summed E-state index contributed by atoms with van der Waals surface area (Å²) in [6, 6.07) is 0. The summed E-state index contributed by atoms with van der Waals surface area (Å²) in [7, 11) is 3.52. The molecule has 0 bridgehead atoms. The van der Waals surface area contributed by atoms with E-state index >= 15 is 0 Å². The van der Waals surface area contributed by atoms with E-state index in [9.17, 15) is 22.0 Å². The second kappa shape index (κ2) is 5.90. The van der Waals surface area contributed by atoms with Gasteiger partial charge in [-0.05, 0) is 14.1 Å². The molecule has 0 spiro atoms. The Hall–Kier alpha value is -1.50. The summed E-state index contributed by atoms with van der Waals surface area (Å²) in [6.45, 7) is 0.679. The number of aliphatic imine (C=N–C) groups is 1. The van der Waals surface area contributed by atoms with Gasteiger partial charge in [-0.15, -0.1) is 0 Å². The molecule has 0 aliphatic rings. The van der Waals surface area contributed by atoms with Crippen molar-refractivity contribution in [2.24, 2.45) is 4.99 Å². The normalized spacial score (nSPS) is 11.8. The lowest BCUT2D eigenvalue weighted by Gasteiger charge is -2.06. The van der Waals surface area contributed by atoms with Crippen molar-refractivity contribution in [1.82, 2.24) is 4.90 Å². The lowest BCUT2D eigenvalue weighted by molar-refractivity contribution is 0.377.